The van der Waals surface area contributed by atoms with Gasteiger partial charge >= 0.3 is 0 Å². The lowest BCUT2D eigenvalue weighted by molar-refractivity contribution is -0.385. The van der Waals surface area contributed by atoms with Crippen molar-refractivity contribution < 1.29 is 69.6 Å². The third-order valence-electron chi connectivity index (χ3n) is 6.02. The van der Waals surface area contributed by atoms with E-state index in [0.717, 1.165) is 0 Å². The van der Waals surface area contributed by atoms with E-state index in [1.165, 1.54) is 13.8 Å². The fourth-order valence-electron chi connectivity index (χ4n) is 3.92. The lowest BCUT2D eigenvalue weighted by Crippen LogP contribution is -2.66. The summed E-state index contributed by atoms with van der Waals surface area (Å²) in [6.45, 7) is 2.10. The Balaban J connectivity index is 1.81. The highest BCUT2D eigenvalue weighted by atomic mass is 16.8. The first-order valence-electron chi connectivity index (χ1n) is 10.3. The van der Waals surface area contributed by atoms with Crippen LogP contribution in [0.5, 0.6) is 0 Å². The van der Waals surface area contributed by atoms with Crippen molar-refractivity contribution in [3.63, 3.8) is 0 Å². The standard InChI is InChI=1S/C18H32O14/c1-4-7(20)10(23)12(25)17(28-4)31-14-9(22)6(3-19)30-16(27)15(14)32-18-13(26)11(24)8(21)5(2)29-18/h4-27H,3H2,1-2H3/t4-,5-,6+,7+,8+,9+,10+,11+,12-,13-,14-,15+,16?,17+,18+/m0/s1. The summed E-state index contributed by atoms with van der Waals surface area (Å²) in [5, 5.41) is 90.6. The van der Waals surface area contributed by atoms with Crippen LogP contribution >= 0.6 is 0 Å². The molecule has 3 aliphatic rings. The molecule has 3 rings (SSSR count). The van der Waals surface area contributed by atoms with Crippen LogP contribution in [-0.4, -0.2) is 145 Å². The molecule has 0 saturated carbocycles. The Kier molecular flexibility index (Phi) is 8.44. The van der Waals surface area contributed by atoms with Crippen LogP contribution in [0.25, 0.3) is 0 Å². The van der Waals surface area contributed by atoms with Crippen molar-refractivity contribution >= 4 is 0 Å². The Hall–Kier alpha value is -0.560. The molecule has 9 N–H and O–H groups in total. The summed E-state index contributed by atoms with van der Waals surface area (Å²) >= 11 is 0. The Morgan fingerprint density at radius 3 is 1.44 bits per heavy atom. The van der Waals surface area contributed by atoms with Gasteiger partial charge in [0, 0.05) is 0 Å². The van der Waals surface area contributed by atoms with Crippen molar-refractivity contribution in [2.75, 3.05) is 6.61 Å². The van der Waals surface area contributed by atoms with E-state index in [2.05, 4.69) is 0 Å². The van der Waals surface area contributed by atoms with Gasteiger partial charge in [0.2, 0.25) is 0 Å². The lowest BCUT2D eigenvalue weighted by atomic mass is 9.96. The van der Waals surface area contributed by atoms with Gasteiger partial charge in [-0.3, -0.25) is 0 Å². The van der Waals surface area contributed by atoms with Crippen molar-refractivity contribution in [2.45, 2.75) is 106 Å². The number of aliphatic hydroxyl groups is 9. The van der Waals surface area contributed by atoms with Crippen LogP contribution in [0.1, 0.15) is 13.8 Å². The van der Waals surface area contributed by atoms with E-state index in [9.17, 15) is 46.0 Å². The zero-order valence-corrected chi connectivity index (χ0v) is 17.4. The summed E-state index contributed by atoms with van der Waals surface area (Å²) in [5.41, 5.74) is 0. The molecule has 0 aromatic carbocycles. The summed E-state index contributed by atoms with van der Waals surface area (Å²) in [4.78, 5) is 0. The summed E-state index contributed by atoms with van der Waals surface area (Å²) in [5.74, 6) is 0. The van der Waals surface area contributed by atoms with E-state index in [1.54, 1.807) is 0 Å². The third kappa shape index (κ3) is 4.94. The lowest BCUT2D eigenvalue weighted by Gasteiger charge is -2.48. The van der Waals surface area contributed by atoms with Gasteiger partial charge < -0.3 is 69.6 Å². The quantitative estimate of drug-likeness (QED) is 0.182. The fraction of sp³-hybridized carbons (Fsp3) is 1.00. The average molecular weight is 472 g/mol. The molecule has 0 aromatic rings. The van der Waals surface area contributed by atoms with Gasteiger partial charge in [0.15, 0.2) is 18.9 Å². The van der Waals surface area contributed by atoms with Crippen LogP contribution in [0, 0.1) is 0 Å². The zero-order valence-electron chi connectivity index (χ0n) is 17.4. The molecule has 3 saturated heterocycles. The molecule has 188 valence electrons. The highest BCUT2D eigenvalue weighted by Crippen LogP contribution is 2.32. The maximum atomic E-state index is 10.6. The van der Waals surface area contributed by atoms with Crippen molar-refractivity contribution in [3.8, 4) is 0 Å². The Morgan fingerprint density at radius 2 is 1.00 bits per heavy atom. The number of aliphatic hydroxyl groups excluding tert-OH is 9. The molecule has 32 heavy (non-hydrogen) atoms. The van der Waals surface area contributed by atoms with E-state index in [4.69, 9.17) is 23.7 Å². The second-order valence-corrected chi connectivity index (χ2v) is 8.30. The summed E-state index contributed by atoms with van der Waals surface area (Å²) in [6, 6.07) is 0. The summed E-state index contributed by atoms with van der Waals surface area (Å²) < 4.78 is 27.0. The van der Waals surface area contributed by atoms with E-state index in [0.29, 0.717) is 0 Å². The molecule has 14 heteroatoms. The van der Waals surface area contributed by atoms with Gasteiger partial charge in [0.25, 0.3) is 0 Å². The Morgan fingerprint density at radius 1 is 0.562 bits per heavy atom. The SMILES string of the molecule is C[C@@H]1O[C@H](O[C@H]2C(O)O[C@H](CO)[C@@H](O)[C@@H]2O[C@H]2O[C@@H](C)[C@@H](O)[C@@H](O)[C@@H]2O)[C@@H](O)[C@H](O)[C@@H]1O. The van der Waals surface area contributed by atoms with Gasteiger partial charge in [-0.25, -0.2) is 0 Å². The normalized spacial score (nSPS) is 55.0. The molecule has 0 bridgehead atoms. The van der Waals surface area contributed by atoms with Crippen LogP contribution < -0.4 is 0 Å². The summed E-state index contributed by atoms with van der Waals surface area (Å²) in [7, 11) is 0. The van der Waals surface area contributed by atoms with E-state index in [1.807, 2.05) is 0 Å². The zero-order chi connectivity index (χ0) is 23.9. The van der Waals surface area contributed by atoms with Gasteiger partial charge in [-0.1, -0.05) is 0 Å². The molecule has 1 unspecified atom stereocenters. The maximum absolute atomic E-state index is 10.6. The first kappa shape index (κ1) is 26.1. The Labute approximate surface area is 183 Å². The third-order valence-corrected chi connectivity index (χ3v) is 6.02. The number of rotatable bonds is 5. The molecular formula is C18H32O14. The second-order valence-electron chi connectivity index (χ2n) is 8.30. The topological polar surface area (TPSA) is 228 Å². The minimum absolute atomic E-state index is 0.721. The van der Waals surface area contributed by atoms with Crippen LogP contribution in [0.3, 0.4) is 0 Å². The van der Waals surface area contributed by atoms with E-state index < -0.39 is 98.7 Å². The van der Waals surface area contributed by atoms with E-state index in [-0.39, 0.29) is 0 Å². The monoisotopic (exact) mass is 472 g/mol. The largest absolute Gasteiger partial charge is 0.394 e. The number of ether oxygens (including phenoxy) is 5. The van der Waals surface area contributed by atoms with Crippen LogP contribution in [0.15, 0.2) is 0 Å². The Bertz CT molecular complexity index is 610. The van der Waals surface area contributed by atoms with E-state index >= 15 is 0 Å². The summed E-state index contributed by atoms with van der Waals surface area (Å²) in [6.07, 6.45) is -22.6. The minimum Gasteiger partial charge on any atom is -0.394 e. The molecule has 3 fully saturated rings. The smallest absolute Gasteiger partial charge is 0.187 e. The van der Waals surface area contributed by atoms with Crippen molar-refractivity contribution in [2.24, 2.45) is 0 Å². The van der Waals surface area contributed by atoms with Crippen LogP contribution in [0.2, 0.25) is 0 Å². The first-order valence-corrected chi connectivity index (χ1v) is 10.3. The first-order chi connectivity index (χ1) is 15.0. The molecule has 0 radical (unpaired) electrons. The molecule has 15 atom stereocenters. The minimum atomic E-state index is -1.83. The number of hydrogen-bond acceptors (Lipinski definition) is 14. The van der Waals surface area contributed by atoms with Gasteiger partial charge in [0.1, 0.15) is 61.0 Å². The highest BCUT2D eigenvalue weighted by molar-refractivity contribution is 4.95. The highest BCUT2D eigenvalue weighted by Gasteiger charge is 2.53. The molecule has 14 nitrogen and oxygen atoms in total. The van der Waals surface area contributed by atoms with Crippen LogP contribution in [-0.2, 0) is 23.7 Å². The van der Waals surface area contributed by atoms with Gasteiger partial charge in [-0.15, -0.1) is 0 Å². The van der Waals surface area contributed by atoms with Crippen molar-refractivity contribution in [1.29, 1.82) is 0 Å². The van der Waals surface area contributed by atoms with Gasteiger partial charge in [0.05, 0.1) is 18.8 Å². The fourth-order valence-corrected chi connectivity index (χ4v) is 3.92. The molecule has 0 aromatic heterocycles. The molecule has 3 heterocycles. The predicted molar refractivity (Wildman–Crippen MR) is 98.4 cm³/mol. The number of hydrogen-bond donors (Lipinski definition) is 9. The molecule has 3 aliphatic heterocycles. The molecule has 0 amide bonds. The maximum Gasteiger partial charge on any atom is 0.187 e. The molecule has 0 spiro atoms. The van der Waals surface area contributed by atoms with Crippen molar-refractivity contribution in [3.05, 3.63) is 0 Å². The molecular weight excluding hydrogens is 440 g/mol. The average Bonchev–Trinajstić information content (AvgIpc) is 2.76. The van der Waals surface area contributed by atoms with Crippen molar-refractivity contribution in [1.82, 2.24) is 0 Å². The molecule has 0 aliphatic carbocycles. The van der Waals surface area contributed by atoms with Crippen LogP contribution in [0.4, 0.5) is 0 Å². The van der Waals surface area contributed by atoms with Gasteiger partial charge in [-0.2, -0.15) is 0 Å². The second kappa shape index (κ2) is 10.4. The van der Waals surface area contributed by atoms with Gasteiger partial charge in [-0.05, 0) is 13.8 Å². The predicted octanol–water partition coefficient (Wildman–Crippen LogP) is -5.52.